The highest BCUT2D eigenvalue weighted by Crippen LogP contribution is 2.15. The molecule has 0 unspecified atom stereocenters. The average molecular weight is 220 g/mol. The molecule has 0 aliphatic heterocycles. The molecule has 0 fully saturated rings. The molecule has 1 aromatic carbocycles. The molecular weight excluding hydrogens is 200 g/mol. The van der Waals surface area contributed by atoms with Gasteiger partial charge in [-0.1, -0.05) is 27.2 Å². The van der Waals surface area contributed by atoms with E-state index in [-0.39, 0.29) is 11.7 Å². The molecule has 0 aromatic heterocycles. The summed E-state index contributed by atoms with van der Waals surface area (Å²) < 4.78 is 5.53. The summed E-state index contributed by atoms with van der Waals surface area (Å²) in [6.45, 7) is 6.70. The number of hydrogen-bond donors (Lipinski definition) is 0. The van der Waals surface area contributed by atoms with Crippen LogP contribution in [0.25, 0.3) is 0 Å². The summed E-state index contributed by atoms with van der Waals surface area (Å²) in [6.07, 6.45) is 2.19. The number of carbonyl (C=O) groups is 1. The minimum absolute atomic E-state index is 0.0480. The van der Waals surface area contributed by atoms with Crippen LogP contribution in [0.2, 0.25) is 0 Å². The van der Waals surface area contributed by atoms with Crippen molar-refractivity contribution >= 4 is 5.78 Å². The first-order chi connectivity index (χ1) is 7.65. The second kappa shape index (κ2) is 6.31. The van der Waals surface area contributed by atoms with Gasteiger partial charge in [-0.2, -0.15) is 0 Å². The Kier molecular flexibility index (Phi) is 5.03. The summed E-state index contributed by atoms with van der Waals surface area (Å²) in [6, 6.07) is 7.41. The number of Topliss-reactive ketones (excluding diaryl/α,β-unsaturated/α-hetero) is 1. The zero-order chi connectivity index (χ0) is 12.0. The maximum Gasteiger partial charge on any atom is 0.165 e. The van der Waals surface area contributed by atoms with Crippen LogP contribution in [0.3, 0.4) is 0 Å². The molecule has 0 aliphatic carbocycles. The molecule has 0 amide bonds. The van der Waals surface area contributed by atoms with Gasteiger partial charge in [0, 0.05) is 11.5 Å². The third kappa shape index (κ3) is 3.69. The predicted molar refractivity (Wildman–Crippen MR) is 66.0 cm³/mol. The minimum Gasteiger partial charge on any atom is -0.494 e. The molecule has 0 aliphatic rings. The molecule has 1 rings (SSSR count). The Morgan fingerprint density at radius 1 is 1.25 bits per heavy atom. The highest BCUT2D eigenvalue weighted by Gasteiger charge is 2.09. The highest BCUT2D eigenvalue weighted by molar-refractivity contribution is 5.97. The second-order valence-corrected chi connectivity index (χ2v) is 4.25. The zero-order valence-corrected chi connectivity index (χ0v) is 10.3. The lowest BCUT2D eigenvalue weighted by atomic mass is 10.0. The molecule has 2 heteroatoms. The van der Waals surface area contributed by atoms with Gasteiger partial charge in [-0.15, -0.1) is 0 Å². The van der Waals surface area contributed by atoms with E-state index in [1.807, 2.05) is 38.1 Å². The average Bonchev–Trinajstić information content (AvgIpc) is 2.29. The van der Waals surface area contributed by atoms with E-state index in [0.29, 0.717) is 0 Å². The van der Waals surface area contributed by atoms with Crippen LogP contribution in [-0.4, -0.2) is 12.4 Å². The first kappa shape index (κ1) is 12.8. The molecule has 16 heavy (non-hydrogen) atoms. The van der Waals surface area contributed by atoms with Crippen LogP contribution in [-0.2, 0) is 0 Å². The molecule has 0 heterocycles. The van der Waals surface area contributed by atoms with Crippen molar-refractivity contribution in [2.24, 2.45) is 5.92 Å². The van der Waals surface area contributed by atoms with Crippen LogP contribution < -0.4 is 4.74 Å². The van der Waals surface area contributed by atoms with Gasteiger partial charge in [0.25, 0.3) is 0 Å². The van der Waals surface area contributed by atoms with Crippen LogP contribution in [0.1, 0.15) is 44.0 Å². The third-order valence-electron chi connectivity index (χ3n) is 2.43. The van der Waals surface area contributed by atoms with E-state index in [9.17, 15) is 4.79 Å². The first-order valence-corrected chi connectivity index (χ1v) is 5.92. The van der Waals surface area contributed by atoms with Gasteiger partial charge in [-0.3, -0.25) is 4.79 Å². The summed E-state index contributed by atoms with van der Waals surface area (Å²) in [5.74, 6) is 1.07. The maximum atomic E-state index is 11.7. The fourth-order valence-electron chi connectivity index (χ4n) is 1.38. The number of benzene rings is 1. The molecule has 0 N–H and O–H groups in total. The highest BCUT2D eigenvalue weighted by atomic mass is 16.5. The van der Waals surface area contributed by atoms with Crippen LogP contribution in [0, 0.1) is 5.92 Å². The number of rotatable bonds is 6. The Morgan fingerprint density at radius 3 is 2.38 bits per heavy atom. The quantitative estimate of drug-likeness (QED) is 0.539. The number of ether oxygens (including phenoxy) is 1. The van der Waals surface area contributed by atoms with Crippen molar-refractivity contribution in [1.29, 1.82) is 0 Å². The van der Waals surface area contributed by atoms with E-state index in [0.717, 1.165) is 30.8 Å². The van der Waals surface area contributed by atoms with E-state index < -0.39 is 0 Å². The first-order valence-electron chi connectivity index (χ1n) is 5.92. The fraction of sp³-hybridized carbons (Fsp3) is 0.500. The van der Waals surface area contributed by atoms with Crippen LogP contribution in [0.15, 0.2) is 24.3 Å². The summed E-state index contributed by atoms with van der Waals surface area (Å²) in [5.41, 5.74) is 0.762. The van der Waals surface area contributed by atoms with Crippen molar-refractivity contribution in [2.75, 3.05) is 6.61 Å². The molecule has 0 bridgehead atoms. The lowest BCUT2D eigenvalue weighted by Gasteiger charge is -2.07. The molecule has 0 radical (unpaired) electrons. The summed E-state index contributed by atoms with van der Waals surface area (Å²) in [7, 11) is 0. The molecule has 1 aromatic rings. The largest absolute Gasteiger partial charge is 0.494 e. The lowest BCUT2D eigenvalue weighted by molar-refractivity contribution is 0.0939. The molecule has 0 saturated heterocycles. The molecule has 0 saturated carbocycles. The molecular formula is C14H20O2. The van der Waals surface area contributed by atoms with Gasteiger partial charge in [0.1, 0.15) is 5.75 Å². The summed E-state index contributed by atoms with van der Waals surface area (Å²) >= 11 is 0. The van der Waals surface area contributed by atoms with Crippen LogP contribution >= 0.6 is 0 Å². The van der Waals surface area contributed by atoms with Gasteiger partial charge < -0.3 is 4.74 Å². The molecule has 2 nitrogen and oxygen atoms in total. The zero-order valence-electron chi connectivity index (χ0n) is 10.3. The molecule has 88 valence electrons. The van der Waals surface area contributed by atoms with Crippen LogP contribution in [0.4, 0.5) is 0 Å². The number of unbranched alkanes of at least 4 members (excludes halogenated alkanes) is 1. The maximum absolute atomic E-state index is 11.7. The van der Waals surface area contributed by atoms with Crippen molar-refractivity contribution in [3.8, 4) is 5.75 Å². The Bertz CT molecular complexity index is 325. The van der Waals surface area contributed by atoms with Gasteiger partial charge in [-0.05, 0) is 30.7 Å². The predicted octanol–water partition coefficient (Wildman–Crippen LogP) is 3.70. The minimum atomic E-state index is 0.0480. The van der Waals surface area contributed by atoms with Gasteiger partial charge >= 0.3 is 0 Å². The Morgan fingerprint density at radius 2 is 1.88 bits per heavy atom. The normalized spacial score (nSPS) is 10.5. The monoisotopic (exact) mass is 220 g/mol. The van der Waals surface area contributed by atoms with Gasteiger partial charge in [0.2, 0.25) is 0 Å². The van der Waals surface area contributed by atoms with E-state index in [1.165, 1.54) is 0 Å². The van der Waals surface area contributed by atoms with Crippen molar-refractivity contribution in [3.05, 3.63) is 29.8 Å². The molecule has 0 spiro atoms. The SMILES string of the molecule is CCCCOc1ccc(C(=O)C(C)C)cc1. The van der Waals surface area contributed by atoms with Gasteiger partial charge in [-0.25, -0.2) is 0 Å². The summed E-state index contributed by atoms with van der Waals surface area (Å²) in [4.78, 5) is 11.7. The van der Waals surface area contributed by atoms with E-state index in [4.69, 9.17) is 4.74 Å². The number of hydrogen-bond acceptors (Lipinski definition) is 2. The number of carbonyl (C=O) groups excluding carboxylic acids is 1. The van der Waals surface area contributed by atoms with Crippen LogP contribution in [0.5, 0.6) is 5.75 Å². The van der Waals surface area contributed by atoms with E-state index in [1.54, 1.807) is 0 Å². The van der Waals surface area contributed by atoms with Crippen molar-refractivity contribution in [3.63, 3.8) is 0 Å². The smallest absolute Gasteiger partial charge is 0.165 e. The third-order valence-corrected chi connectivity index (χ3v) is 2.43. The van der Waals surface area contributed by atoms with E-state index in [2.05, 4.69) is 6.92 Å². The van der Waals surface area contributed by atoms with Crippen molar-refractivity contribution in [2.45, 2.75) is 33.6 Å². The fourth-order valence-corrected chi connectivity index (χ4v) is 1.38. The Labute approximate surface area is 97.6 Å². The second-order valence-electron chi connectivity index (χ2n) is 4.25. The topological polar surface area (TPSA) is 26.3 Å². The van der Waals surface area contributed by atoms with Crippen molar-refractivity contribution < 1.29 is 9.53 Å². The van der Waals surface area contributed by atoms with E-state index >= 15 is 0 Å². The molecule has 0 atom stereocenters. The Hall–Kier alpha value is -1.31. The van der Waals surface area contributed by atoms with Gasteiger partial charge in [0.05, 0.1) is 6.61 Å². The van der Waals surface area contributed by atoms with Crippen molar-refractivity contribution in [1.82, 2.24) is 0 Å². The lowest BCUT2D eigenvalue weighted by Crippen LogP contribution is -2.07. The summed E-state index contributed by atoms with van der Waals surface area (Å²) in [5, 5.41) is 0. The standard InChI is InChI=1S/C14H20O2/c1-4-5-10-16-13-8-6-12(7-9-13)14(15)11(2)3/h6-9,11H,4-5,10H2,1-3H3. The number of ketones is 1. The Balaban J connectivity index is 2.57. The van der Waals surface area contributed by atoms with Gasteiger partial charge in [0.15, 0.2) is 5.78 Å².